The summed E-state index contributed by atoms with van der Waals surface area (Å²) in [4.78, 5) is 13.8. The quantitative estimate of drug-likeness (QED) is 0.516. The van der Waals surface area contributed by atoms with Gasteiger partial charge in [0.1, 0.15) is 0 Å². The van der Waals surface area contributed by atoms with Gasteiger partial charge in [0, 0.05) is 19.7 Å². The molecule has 1 fully saturated rings. The fraction of sp³-hybridized carbons (Fsp3) is 0.929. The molecule has 0 amide bonds. The minimum atomic E-state index is -0.0690. The van der Waals surface area contributed by atoms with Crippen molar-refractivity contribution >= 4 is 5.97 Å². The molecular formula is C14H27NO3. The summed E-state index contributed by atoms with van der Waals surface area (Å²) in [6.45, 7) is 8.82. The Morgan fingerprint density at radius 3 is 2.83 bits per heavy atom. The molecule has 1 rings (SSSR count). The first-order valence-corrected chi connectivity index (χ1v) is 7.01. The molecule has 4 nitrogen and oxygen atoms in total. The van der Waals surface area contributed by atoms with Gasteiger partial charge >= 0.3 is 5.97 Å². The smallest absolute Gasteiger partial charge is 0.309 e. The predicted molar refractivity (Wildman–Crippen MR) is 71.5 cm³/mol. The fourth-order valence-electron chi connectivity index (χ4n) is 2.23. The van der Waals surface area contributed by atoms with Crippen molar-refractivity contribution in [2.45, 2.75) is 33.1 Å². The number of nitrogens with zero attached hydrogens (tertiary/aromatic N) is 1. The molecule has 1 aliphatic heterocycles. The van der Waals surface area contributed by atoms with Gasteiger partial charge in [0.25, 0.3) is 0 Å². The maximum Gasteiger partial charge on any atom is 0.309 e. The lowest BCUT2D eigenvalue weighted by atomic mass is 9.98. The van der Waals surface area contributed by atoms with Crippen LogP contribution in [0, 0.1) is 11.8 Å². The highest BCUT2D eigenvalue weighted by Gasteiger charge is 2.25. The van der Waals surface area contributed by atoms with E-state index in [0.717, 1.165) is 52.1 Å². The second kappa shape index (κ2) is 8.48. The predicted octanol–water partition coefficient (Wildman–Crippen LogP) is 1.93. The van der Waals surface area contributed by atoms with Crippen molar-refractivity contribution in [1.82, 2.24) is 4.90 Å². The second-order valence-electron chi connectivity index (χ2n) is 5.46. The van der Waals surface area contributed by atoms with Crippen LogP contribution >= 0.6 is 0 Å². The van der Waals surface area contributed by atoms with E-state index in [1.54, 1.807) is 0 Å². The number of ether oxygens (including phenoxy) is 2. The first kappa shape index (κ1) is 15.4. The number of carbonyl (C=O) groups is 1. The Morgan fingerprint density at radius 2 is 2.17 bits per heavy atom. The van der Waals surface area contributed by atoms with Crippen molar-refractivity contribution in [2.75, 3.05) is 40.0 Å². The van der Waals surface area contributed by atoms with Gasteiger partial charge in [-0.25, -0.2) is 0 Å². The van der Waals surface area contributed by atoms with Gasteiger partial charge < -0.3 is 14.4 Å². The highest BCUT2D eigenvalue weighted by molar-refractivity contribution is 5.72. The maximum absolute atomic E-state index is 11.5. The fourth-order valence-corrected chi connectivity index (χ4v) is 2.23. The van der Waals surface area contributed by atoms with E-state index in [-0.39, 0.29) is 11.9 Å². The highest BCUT2D eigenvalue weighted by Crippen LogP contribution is 2.17. The number of carbonyl (C=O) groups excluding carboxylic acids is 1. The van der Waals surface area contributed by atoms with E-state index in [4.69, 9.17) is 9.47 Å². The molecule has 1 aliphatic rings. The molecule has 0 aromatic carbocycles. The van der Waals surface area contributed by atoms with Crippen molar-refractivity contribution in [3.63, 3.8) is 0 Å². The molecule has 0 spiro atoms. The molecule has 0 N–H and O–H groups in total. The van der Waals surface area contributed by atoms with Crippen molar-refractivity contribution in [3.05, 3.63) is 0 Å². The van der Waals surface area contributed by atoms with Crippen LogP contribution in [-0.2, 0) is 14.3 Å². The van der Waals surface area contributed by atoms with E-state index in [1.165, 1.54) is 7.11 Å². The van der Waals surface area contributed by atoms with Crippen LogP contribution in [0.25, 0.3) is 0 Å². The second-order valence-corrected chi connectivity index (χ2v) is 5.46. The minimum Gasteiger partial charge on any atom is -0.469 e. The molecule has 1 saturated heterocycles. The van der Waals surface area contributed by atoms with Crippen LogP contribution in [0.3, 0.4) is 0 Å². The molecule has 0 radical (unpaired) electrons. The van der Waals surface area contributed by atoms with Crippen LogP contribution in [0.4, 0.5) is 0 Å². The summed E-state index contributed by atoms with van der Waals surface area (Å²) in [5.74, 6) is 0.684. The third-order valence-electron chi connectivity index (χ3n) is 3.43. The van der Waals surface area contributed by atoms with E-state index in [2.05, 4.69) is 18.7 Å². The van der Waals surface area contributed by atoms with E-state index < -0.39 is 0 Å². The van der Waals surface area contributed by atoms with Crippen LogP contribution in [0.2, 0.25) is 0 Å². The van der Waals surface area contributed by atoms with Crippen molar-refractivity contribution in [1.29, 1.82) is 0 Å². The van der Waals surface area contributed by atoms with Crippen LogP contribution in [0.5, 0.6) is 0 Å². The molecular weight excluding hydrogens is 230 g/mol. The van der Waals surface area contributed by atoms with E-state index in [9.17, 15) is 4.79 Å². The molecule has 0 aromatic heterocycles. The number of esters is 1. The molecule has 4 heteroatoms. The number of rotatable bonds is 7. The standard InChI is InChI=1S/C14H27NO3/c1-12(2)6-9-18-10-8-15-7-4-5-13(11-15)14(16)17-3/h12-13H,4-11H2,1-3H3/t13-/m0/s1. The topological polar surface area (TPSA) is 38.8 Å². The minimum absolute atomic E-state index is 0.0550. The molecule has 106 valence electrons. The van der Waals surface area contributed by atoms with Gasteiger partial charge in [-0.15, -0.1) is 0 Å². The molecule has 1 atom stereocenters. The lowest BCUT2D eigenvalue weighted by Crippen LogP contribution is -2.40. The molecule has 1 heterocycles. The molecule has 0 bridgehead atoms. The Balaban J connectivity index is 2.12. The normalized spacial score (nSPS) is 21.2. The first-order valence-electron chi connectivity index (χ1n) is 7.01. The Labute approximate surface area is 111 Å². The zero-order chi connectivity index (χ0) is 13.4. The number of piperidine rings is 1. The third kappa shape index (κ3) is 5.83. The van der Waals surface area contributed by atoms with Gasteiger partial charge in [-0.3, -0.25) is 4.79 Å². The summed E-state index contributed by atoms with van der Waals surface area (Å²) < 4.78 is 10.4. The van der Waals surface area contributed by atoms with Crippen LogP contribution in [-0.4, -0.2) is 50.8 Å². The Bertz CT molecular complexity index is 243. The molecule has 0 unspecified atom stereocenters. The van der Waals surface area contributed by atoms with E-state index in [0.29, 0.717) is 5.92 Å². The first-order chi connectivity index (χ1) is 8.63. The van der Waals surface area contributed by atoms with Crippen LogP contribution in [0.1, 0.15) is 33.1 Å². The number of hydrogen-bond acceptors (Lipinski definition) is 4. The van der Waals surface area contributed by atoms with Gasteiger partial charge in [0.2, 0.25) is 0 Å². The number of hydrogen-bond donors (Lipinski definition) is 0. The summed E-state index contributed by atoms with van der Waals surface area (Å²) in [5.41, 5.74) is 0. The molecule has 0 saturated carbocycles. The average Bonchev–Trinajstić information content (AvgIpc) is 2.37. The van der Waals surface area contributed by atoms with Crippen molar-refractivity contribution in [2.24, 2.45) is 11.8 Å². The SMILES string of the molecule is COC(=O)[C@H]1CCCN(CCOCCC(C)C)C1. The zero-order valence-electron chi connectivity index (χ0n) is 12.0. The largest absolute Gasteiger partial charge is 0.469 e. The van der Waals surface area contributed by atoms with Gasteiger partial charge in [-0.2, -0.15) is 0 Å². The Morgan fingerprint density at radius 1 is 1.39 bits per heavy atom. The Kier molecular flexibility index (Phi) is 7.28. The van der Waals surface area contributed by atoms with E-state index >= 15 is 0 Å². The van der Waals surface area contributed by atoms with Crippen LogP contribution < -0.4 is 0 Å². The lowest BCUT2D eigenvalue weighted by Gasteiger charge is -2.31. The number of likely N-dealkylation sites (tertiary alicyclic amines) is 1. The molecule has 18 heavy (non-hydrogen) atoms. The summed E-state index contributed by atoms with van der Waals surface area (Å²) >= 11 is 0. The summed E-state index contributed by atoms with van der Waals surface area (Å²) in [6.07, 6.45) is 3.15. The highest BCUT2D eigenvalue weighted by atomic mass is 16.5. The lowest BCUT2D eigenvalue weighted by molar-refractivity contribution is -0.147. The summed E-state index contributed by atoms with van der Waals surface area (Å²) in [6, 6.07) is 0. The van der Waals surface area contributed by atoms with E-state index in [1.807, 2.05) is 0 Å². The maximum atomic E-state index is 11.5. The van der Waals surface area contributed by atoms with Gasteiger partial charge in [-0.1, -0.05) is 13.8 Å². The Hall–Kier alpha value is -0.610. The van der Waals surface area contributed by atoms with Crippen molar-refractivity contribution in [3.8, 4) is 0 Å². The van der Waals surface area contributed by atoms with Crippen molar-refractivity contribution < 1.29 is 14.3 Å². The average molecular weight is 257 g/mol. The van der Waals surface area contributed by atoms with Gasteiger partial charge in [0.15, 0.2) is 0 Å². The summed E-state index contributed by atoms with van der Waals surface area (Å²) in [7, 11) is 1.47. The summed E-state index contributed by atoms with van der Waals surface area (Å²) in [5, 5.41) is 0. The number of methoxy groups -OCH3 is 1. The van der Waals surface area contributed by atoms with Crippen LogP contribution in [0.15, 0.2) is 0 Å². The van der Waals surface area contributed by atoms with Gasteiger partial charge in [-0.05, 0) is 31.7 Å². The third-order valence-corrected chi connectivity index (χ3v) is 3.43. The van der Waals surface area contributed by atoms with Gasteiger partial charge in [0.05, 0.1) is 19.6 Å². The molecule has 0 aliphatic carbocycles. The zero-order valence-corrected chi connectivity index (χ0v) is 12.0. The molecule has 0 aromatic rings. The monoisotopic (exact) mass is 257 g/mol.